The smallest absolute Gasteiger partial charge is 0.123 e. The summed E-state index contributed by atoms with van der Waals surface area (Å²) in [5.41, 5.74) is 2.80. The molecule has 1 atom stereocenters. The van der Waals surface area contributed by atoms with E-state index in [9.17, 15) is 8.78 Å². The zero-order valence-corrected chi connectivity index (χ0v) is 9.08. The van der Waals surface area contributed by atoms with Gasteiger partial charge in [-0.1, -0.05) is 18.2 Å². The summed E-state index contributed by atoms with van der Waals surface area (Å²) in [7, 11) is 0. The monoisotopic (exact) mass is 231 g/mol. The topological polar surface area (TPSA) is 12.0 Å². The molecule has 2 aromatic carbocycles. The Labute approximate surface area is 98.1 Å². The summed E-state index contributed by atoms with van der Waals surface area (Å²) in [6.07, 6.45) is 0. The molecule has 1 heterocycles. The maximum Gasteiger partial charge on any atom is 0.123 e. The number of halogens is 2. The highest BCUT2D eigenvalue weighted by molar-refractivity contribution is 5.41. The van der Waals surface area contributed by atoms with Crippen LogP contribution in [0, 0.1) is 11.6 Å². The zero-order chi connectivity index (χ0) is 11.8. The molecule has 0 spiro atoms. The van der Waals surface area contributed by atoms with Crippen molar-refractivity contribution < 1.29 is 8.78 Å². The highest BCUT2D eigenvalue weighted by atomic mass is 19.1. The molecule has 2 aromatic rings. The van der Waals surface area contributed by atoms with Crippen LogP contribution in [0.3, 0.4) is 0 Å². The molecule has 0 bridgehead atoms. The van der Waals surface area contributed by atoms with Gasteiger partial charge in [0.25, 0.3) is 0 Å². The van der Waals surface area contributed by atoms with E-state index in [4.69, 9.17) is 0 Å². The van der Waals surface area contributed by atoms with Crippen LogP contribution in [0.5, 0.6) is 0 Å². The zero-order valence-electron chi connectivity index (χ0n) is 9.08. The van der Waals surface area contributed by atoms with Crippen LogP contribution >= 0.6 is 0 Å². The summed E-state index contributed by atoms with van der Waals surface area (Å²) in [6, 6.07) is 11.0. The van der Waals surface area contributed by atoms with Gasteiger partial charge < -0.3 is 5.32 Å². The first kappa shape index (κ1) is 10.4. The van der Waals surface area contributed by atoms with E-state index in [1.807, 2.05) is 6.07 Å². The average molecular weight is 231 g/mol. The number of hydrogen-bond donors (Lipinski definition) is 1. The fourth-order valence-electron chi connectivity index (χ4n) is 2.30. The van der Waals surface area contributed by atoms with E-state index >= 15 is 0 Å². The Morgan fingerprint density at radius 3 is 2.65 bits per heavy atom. The molecule has 0 saturated heterocycles. The van der Waals surface area contributed by atoms with Crippen LogP contribution in [-0.2, 0) is 6.54 Å². The van der Waals surface area contributed by atoms with Gasteiger partial charge in [-0.05, 0) is 41.0 Å². The van der Waals surface area contributed by atoms with Gasteiger partial charge in [-0.25, -0.2) is 8.78 Å². The molecule has 1 N–H and O–H groups in total. The van der Waals surface area contributed by atoms with Crippen molar-refractivity contribution in [3.05, 3.63) is 70.8 Å². The van der Waals surface area contributed by atoms with E-state index in [1.54, 1.807) is 12.1 Å². The van der Waals surface area contributed by atoms with Crippen molar-refractivity contribution in [2.24, 2.45) is 0 Å². The molecule has 3 heteroatoms. The maximum atomic E-state index is 13.2. The fourth-order valence-corrected chi connectivity index (χ4v) is 2.30. The number of rotatable bonds is 1. The van der Waals surface area contributed by atoms with Crippen molar-refractivity contribution in [2.45, 2.75) is 12.6 Å². The quantitative estimate of drug-likeness (QED) is 0.795. The van der Waals surface area contributed by atoms with Gasteiger partial charge in [-0.3, -0.25) is 0 Å². The number of benzene rings is 2. The second kappa shape index (κ2) is 3.93. The lowest BCUT2D eigenvalue weighted by atomic mass is 9.98. The molecule has 0 fully saturated rings. The van der Waals surface area contributed by atoms with Gasteiger partial charge in [0, 0.05) is 6.54 Å². The minimum absolute atomic E-state index is 0.114. The van der Waals surface area contributed by atoms with E-state index < -0.39 is 0 Å². The predicted molar refractivity (Wildman–Crippen MR) is 61.5 cm³/mol. The van der Waals surface area contributed by atoms with Gasteiger partial charge in [-0.2, -0.15) is 0 Å². The molecule has 1 nitrogen and oxygen atoms in total. The minimum atomic E-state index is -0.269. The summed E-state index contributed by atoms with van der Waals surface area (Å²) >= 11 is 0. The Balaban J connectivity index is 2.06. The van der Waals surface area contributed by atoms with Gasteiger partial charge in [-0.15, -0.1) is 0 Å². The molecule has 17 heavy (non-hydrogen) atoms. The highest BCUT2D eigenvalue weighted by Gasteiger charge is 2.23. The highest BCUT2D eigenvalue weighted by Crippen LogP contribution is 2.31. The van der Waals surface area contributed by atoms with Crippen LogP contribution in [0.1, 0.15) is 22.7 Å². The lowest BCUT2D eigenvalue weighted by Gasteiger charge is -2.12. The SMILES string of the molecule is Fc1cccc(C2NCc3ccc(F)cc32)c1. The minimum Gasteiger partial charge on any atom is -0.302 e. The predicted octanol–water partition coefficient (Wildman–Crippen LogP) is 3.16. The molecular weight excluding hydrogens is 220 g/mol. The van der Waals surface area contributed by atoms with Crippen molar-refractivity contribution >= 4 is 0 Å². The second-order valence-electron chi connectivity index (χ2n) is 4.21. The van der Waals surface area contributed by atoms with Crippen LogP contribution < -0.4 is 5.32 Å². The van der Waals surface area contributed by atoms with Crippen molar-refractivity contribution in [2.75, 3.05) is 0 Å². The summed E-state index contributed by atoms with van der Waals surface area (Å²) in [4.78, 5) is 0. The Morgan fingerprint density at radius 1 is 1.00 bits per heavy atom. The lowest BCUT2D eigenvalue weighted by Crippen LogP contribution is -2.13. The van der Waals surface area contributed by atoms with Crippen LogP contribution in [0.2, 0.25) is 0 Å². The Morgan fingerprint density at radius 2 is 1.82 bits per heavy atom. The van der Waals surface area contributed by atoms with Crippen molar-refractivity contribution in [1.82, 2.24) is 5.32 Å². The van der Waals surface area contributed by atoms with Gasteiger partial charge in [0.1, 0.15) is 11.6 Å². The van der Waals surface area contributed by atoms with Gasteiger partial charge in [0.2, 0.25) is 0 Å². The summed E-state index contributed by atoms with van der Waals surface area (Å²) in [6.45, 7) is 0.691. The van der Waals surface area contributed by atoms with E-state index in [1.165, 1.54) is 24.3 Å². The molecule has 1 unspecified atom stereocenters. The number of fused-ring (bicyclic) bond motifs is 1. The third-order valence-corrected chi connectivity index (χ3v) is 3.10. The molecule has 0 aromatic heterocycles. The second-order valence-corrected chi connectivity index (χ2v) is 4.21. The summed E-state index contributed by atoms with van der Waals surface area (Å²) in [5, 5.41) is 3.26. The molecule has 3 rings (SSSR count). The first-order chi connectivity index (χ1) is 8.24. The van der Waals surface area contributed by atoms with Crippen molar-refractivity contribution in [1.29, 1.82) is 0 Å². The summed E-state index contributed by atoms with van der Waals surface area (Å²) < 4.78 is 26.4. The lowest BCUT2D eigenvalue weighted by molar-refractivity contribution is 0.610. The Bertz CT molecular complexity index is 566. The first-order valence-electron chi connectivity index (χ1n) is 5.51. The molecule has 0 radical (unpaired) electrons. The van der Waals surface area contributed by atoms with Crippen molar-refractivity contribution in [3.8, 4) is 0 Å². The van der Waals surface area contributed by atoms with Gasteiger partial charge in [0.15, 0.2) is 0 Å². The maximum absolute atomic E-state index is 13.2. The average Bonchev–Trinajstić information content (AvgIpc) is 2.71. The fraction of sp³-hybridized carbons (Fsp3) is 0.143. The molecule has 0 saturated carbocycles. The number of hydrogen-bond acceptors (Lipinski definition) is 1. The number of nitrogens with one attached hydrogen (secondary N) is 1. The van der Waals surface area contributed by atoms with Gasteiger partial charge in [0.05, 0.1) is 6.04 Å². The van der Waals surface area contributed by atoms with Crippen molar-refractivity contribution in [3.63, 3.8) is 0 Å². The van der Waals surface area contributed by atoms with Crippen LogP contribution in [-0.4, -0.2) is 0 Å². The third-order valence-electron chi connectivity index (χ3n) is 3.10. The van der Waals surface area contributed by atoms with Crippen LogP contribution in [0.25, 0.3) is 0 Å². The Hall–Kier alpha value is -1.74. The van der Waals surface area contributed by atoms with Crippen LogP contribution in [0.4, 0.5) is 8.78 Å². The van der Waals surface area contributed by atoms with E-state index in [2.05, 4.69) is 5.32 Å². The molecule has 1 aliphatic rings. The van der Waals surface area contributed by atoms with Crippen LogP contribution in [0.15, 0.2) is 42.5 Å². The van der Waals surface area contributed by atoms with E-state index in [-0.39, 0.29) is 17.7 Å². The molecular formula is C14H11F2N. The molecule has 0 aliphatic carbocycles. The molecule has 86 valence electrons. The Kier molecular flexibility index (Phi) is 2.41. The van der Waals surface area contributed by atoms with E-state index in [0.29, 0.717) is 6.54 Å². The van der Waals surface area contributed by atoms with E-state index in [0.717, 1.165) is 16.7 Å². The molecule has 1 aliphatic heterocycles. The largest absolute Gasteiger partial charge is 0.302 e. The normalized spacial score (nSPS) is 18.1. The third kappa shape index (κ3) is 1.83. The standard InChI is InChI=1S/C14H11F2N/c15-11-3-1-2-9(6-11)14-13-7-12(16)5-4-10(13)8-17-14/h1-7,14,17H,8H2. The summed E-state index contributed by atoms with van der Waals surface area (Å²) in [5.74, 6) is -0.525. The van der Waals surface area contributed by atoms with Gasteiger partial charge >= 0.3 is 0 Å². The first-order valence-corrected chi connectivity index (χ1v) is 5.51. The molecule has 0 amide bonds.